The number of amides is 2. The van der Waals surface area contributed by atoms with Crippen LogP contribution in [0.25, 0.3) is 6.08 Å². The maximum atomic E-state index is 12.9. The maximum Gasteiger partial charge on any atom is 0.293 e. The molecule has 4 rings (SSSR count). The molecule has 1 fully saturated rings. The number of terminal acetylenes is 1. The highest BCUT2D eigenvalue weighted by Gasteiger charge is 2.36. The Morgan fingerprint density at radius 3 is 2.66 bits per heavy atom. The molecule has 2 heterocycles. The number of hydrogen-bond donors (Lipinski definition) is 0. The van der Waals surface area contributed by atoms with E-state index >= 15 is 0 Å². The molecule has 0 N–H and O–H groups in total. The second-order valence-electron chi connectivity index (χ2n) is 6.59. The van der Waals surface area contributed by atoms with Gasteiger partial charge in [0.1, 0.15) is 6.61 Å². The van der Waals surface area contributed by atoms with E-state index in [0.717, 1.165) is 16.7 Å². The molecule has 2 aliphatic heterocycles. The zero-order valence-corrected chi connectivity index (χ0v) is 19.0. The number of nitrogens with zero attached hydrogens (tertiary/aromatic N) is 1. The first-order chi connectivity index (χ1) is 15.4. The van der Waals surface area contributed by atoms with Gasteiger partial charge in [-0.25, -0.2) is 0 Å². The van der Waals surface area contributed by atoms with Crippen LogP contribution < -0.4 is 18.9 Å². The van der Waals surface area contributed by atoms with Crippen LogP contribution in [-0.4, -0.2) is 36.6 Å². The molecule has 32 heavy (non-hydrogen) atoms. The summed E-state index contributed by atoms with van der Waals surface area (Å²) in [6.07, 6.45) is 6.78. The summed E-state index contributed by atoms with van der Waals surface area (Å²) in [6.45, 7) is 0.120. The number of fused-ring (bicyclic) bond motifs is 1. The van der Waals surface area contributed by atoms with Crippen LogP contribution in [-0.2, 0) is 11.3 Å². The molecule has 10 heteroatoms. The molecule has 0 saturated carbocycles. The van der Waals surface area contributed by atoms with E-state index in [2.05, 4.69) is 5.92 Å². The summed E-state index contributed by atoms with van der Waals surface area (Å²) in [4.78, 5) is 26.8. The van der Waals surface area contributed by atoms with Crippen molar-refractivity contribution in [2.24, 2.45) is 0 Å². The third-order valence-electron chi connectivity index (χ3n) is 4.59. The number of imide groups is 1. The number of hydrogen-bond acceptors (Lipinski definition) is 7. The molecule has 0 spiro atoms. The molecular formula is C22H15Cl2NO6S. The predicted octanol–water partition coefficient (Wildman–Crippen LogP) is 4.98. The van der Waals surface area contributed by atoms with Crippen LogP contribution in [0, 0.1) is 12.3 Å². The van der Waals surface area contributed by atoms with Crippen LogP contribution in [0.2, 0.25) is 10.0 Å². The summed E-state index contributed by atoms with van der Waals surface area (Å²) in [5, 5.41) is 0.218. The Hall–Kier alpha value is -2.99. The second kappa shape index (κ2) is 9.25. The summed E-state index contributed by atoms with van der Waals surface area (Å²) in [7, 11) is 1.46. The smallest absolute Gasteiger partial charge is 0.293 e. The number of thioether (sulfide) groups is 1. The molecule has 0 atom stereocenters. The van der Waals surface area contributed by atoms with Gasteiger partial charge in [-0.15, -0.1) is 6.42 Å². The molecule has 7 nitrogen and oxygen atoms in total. The van der Waals surface area contributed by atoms with Crippen molar-refractivity contribution in [1.82, 2.24) is 4.90 Å². The summed E-state index contributed by atoms with van der Waals surface area (Å²) in [5.41, 5.74) is 1.13. The first-order valence-electron chi connectivity index (χ1n) is 9.18. The van der Waals surface area contributed by atoms with Gasteiger partial charge in [-0.1, -0.05) is 29.1 Å². The summed E-state index contributed by atoms with van der Waals surface area (Å²) >= 11 is 13.4. The third-order valence-corrected chi connectivity index (χ3v) is 6.13. The van der Waals surface area contributed by atoms with Crippen molar-refractivity contribution in [3.05, 3.63) is 50.3 Å². The molecule has 2 aliphatic rings. The number of halogens is 2. The molecule has 0 aromatic heterocycles. The molecule has 0 bridgehead atoms. The van der Waals surface area contributed by atoms with E-state index in [9.17, 15) is 9.59 Å². The average Bonchev–Trinajstić information content (AvgIpc) is 3.31. The number of carbonyl (C=O) groups excluding carboxylic acids is 2. The molecule has 2 amide bonds. The highest BCUT2D eigenvalue weighted by atomic mass is 35.5. The van der Waals surface area contributed by atoms with Crippen molar-refractivity contribution < 1.29 is 28.5 Å². The number of benzene rings is 2. The van der Waals surface area contributed by atoms with Crippen LogP contribution in [0.4, 0.5) is 4.79 Å². The molecule has 164 valence electrons. The zero-order chi connectivity index (χ0) is 22.8. The van der Waals surface area contributed by atoms with E-state index in [1.807, 2.05) is 0 Å². The Morgan fingerprint density at radius 1 is 1.19 bits per heavy atom. The van der Waals surface area contributed by atoms with E-state index in [1.165, 1.54) is 7.11 Å². The summed E-state index contributed by atoms with van der Waals surface area (Å²) < 4.78 is 21.4. The van der Waals surface area contributed by atoms with E-state index in [1.54, 1.807) is 30.3 Å². The molecule has 0 aliphatic carbocycles. The summed E-state index contributed by atoms with van der Waals surface area (Å²) in [5.74, 6) is 3.60. The van der Waals surface area contributed by atoms with Gasteiger partial charge in [0.2, 0.25) is 6.79 Å². The largest absolute Gasteiger partial charge is 0.493 e. The topological polar surface area (TPSA) is 74.3 Å². The van der Waals surface area contributed by atoms with Crippen molar-refractivity contribution >= 4 is 52.2 Å². The average molecular weight is 492 g/mol. The van der Waals surface area contributed by atoms with Crippen molar-refractivity contribution in [2.75, 3.05) is 20.5 Å². The van der Waals surface area contributed by atoms with E-state index in [4.69, 9.17) is 48.6 Å². The van der Waals surface area contributed by atoms with Crippen LogP contribution in [0.15, 0.2) is 29.2 Å². The lowest BCUT2D eigenvalue weighted by Gasteiger charge is -2.14. The van der Waals surface area contributed by atoms with Crippen molar-refractivity contribution in [2.45, 2.75) is 6.54 Å². The standard InChI is InChI=1S/C22H15Cl2NO6S/c1-3-4-29-20-15(24)5-12(6-18(20)28-2)7-19-21(26)25(22(27)32-19)10-13-8-16-17(9-14(13)23)31-11-30-16/h1,5-9H,4,10-11H2,2H3/b19-7-. The van der Waals surface area contributed by atoms with Gasteiger partial charge in [0, 0.05) is 11.1 Å². The maximum absolute atomic E-state index is 12.9. The Morgan fingerprint density at radius 2 is 1.94 bits per heavy atom. The number of carbonyl (C=O) groups is 2. The zero-order valence-electron chi connectivity index (χ0n) is 16.6. The van der Waals surface area contributed by atoms with Crippen LogP contribution in [0.5, 0.6) is 23.0 Å². The van der Waals surface area contributed by atoms with Crippen molar-refractivity contribution in [3.8, 4) is 35.3 Å². The van der Waals surface area contributed by atoms with Crippen molar-refractivity contribution in [1.29, 1.82) is 0 Å². The lowest BCUT2D eigenvalue weighted by molar-refractivity contribution is -0.123. The second-order valence-corrected chi connectivity index (χ2v) is 8.40. The first kappa shape index (κ1) is 22.2. The van der Waals surface area contributed by atoms with Gasteiger partial charge in [-0.05, 0) is 47.2 Å². The third kappa shape index (κ3) is 4.32. The molecule has 2 aromatic carbocycles. The fourth-order valence-corrected chi connectivity index (χ4v) is 4.44. The molecule has 0 radical (unpaired) electrons. The van der Waals surface area contributed by atoms with Gasteiger partial charge in [0.25, 0.3) is 11.1 Å². The normalized spacial score (nSPS) is 15.9. The SMILES string of the molecule is C#CCOc1c(Cl)cc(/C=C2\SC(=O)N(Cc3cc4c(cc3Cl)OCO4)C2=O)cc1OC. The minimum absolute atomic E-state index is 0.000421. The van der Waals surface area contributed by atoms with Gasteiger partial charge in [0.05, 0.1) is 23.6 Å². The van der Waals surface area contributed by atoms with Gasteiger partial charge in [-0.2, -0.15) is 0 Å². The fraction of sp³-hybridized carbons (Fsp3) is 0.182. The van der Waals surface area contributed by atoms with Crippen LogP contribution >= 0.6 is 35.0 Å². The molecule has 2 aromatic rings. The van der Waals surface area contributed by atoms with Gasteiger partial charge in [-0.3, -0.25) is 14.5 Å². The monoisotopic (exact) mass is 491 g/mol. The first-order valence-corrected chi connectivity index (χ1v) is 10.8. The van der Waals surface area contributed by atoms with E-state index < -0.39 is 11.1 Å². The Labute approximate surface area is 198 Å². The Balaban J connectivity index is 1.58. The lowest BCUT2D eigenvalue weighted by Crippen LogP contribution is -2.27. The fourth-order valence-electron chi connectivity index (χ4n) is 3.12. The van der Waals surface area contributed by atoms with Crippen LogP contribution in [0.1, 0.15) is 11.1 Å². The van der Waals surface area contributed by atoms with Gasteiger partial charge in [0.15, 0.2) is 23.0 Å². The van der Waals surface area contributed by atoms with Gasteiger partial charge >= 0.3 is 0 Å². The van der Waals surface area contributed by atoms with E-state index in [-0.39, 0.29) is 29.9 Å². The van der Waals surface area contributed by atoms with Crippen LogP contribution in [0.3, 0.4) is 0 Å². The minimum Gasteiger partial charge on any atom is -0.493 e. The molecular weight excluding hydrogens is 477 g/mol. The minimum atomic E-state index is -0.448. The predicted molar refractivity (Wildman–Crippen MR) is 121 cm³/mol. The Kier molecular flexibility index (Phi) is 6.42. The number of methoxy groups -OCH3 is 1. The Bertz CT molecular complexity index is 1190. The highest BCUT2D eigenvalue weighted by Crippen LogP contribution is 2.41. The molecule has 1 saturated heterocycles. The molecule has 0 unspecified atom stereocenters. The number of ether oxygens (including phenoxy) is 4. The van der Waals surface area contributed by atoms with E-state index in [0.29, 0.717) is 39.1 Å². The summed E-state index contributed by atoms with van der Waals surface area (Å²) in [6, 6.07) is 6.50. The number of rotatable bonds is 6. The quantitative estimate of drug-likeness (QED) is 0.416. The highest BCUT2D eigenvalue weighted by molar-refractivity contribution is 8.18. The lowest BCUT2D eigenvalue weighted by atomic mass is 10.1. The van der Waals surface area contributed by atoms with Gasteiger partial charge < -0.3 is 18.9 Å². The van der Waals surface area contributed by atoms with Crippen molar-refractivity contribution in [3.63, 3.8) is 0 Å².